The molecule has 3 aromatic rings. The van der Waals surface area contributed by atoms with Crippen LogP contribution in [0.4, 0.5) is 10.1 Å². The summed E-state index contributed by atoms with van der Waals surface area (Å²) in [5.74, 6) is -1.87. The van der Waals surface area contributed by atoms with E-state index < -0.39 is 11.5 Å². The van der Waals surface area contributed by atoms with Crippen LogP contribution in [0.2, 0.25) is 5.02 Å². The molecule has 2 aromatic carbocycles. The maximum atomic E-state index is 13.9. The first-order valence-electron chi connectivity index (χ1n) is 9.95. The Balaban J connectivity index is 1.74. The van der Waals surface area contributed by atoms with Gasteiger partial charge in [-0.15, -0.1) is 0 Å². The number of carbonyl (C=O) groups is 2. The Hall–Kier alpha value is -3.09. The van der Waals surface area contributed by atoms with E-state index in [1.807, 2.05) is 11.9 Å². The summed E-state index contributed by atoms with van der Waals surface area (Å²) in [7, 11) is 1.84. The number of pyridine rings is 1. The largest absolute Gasteiger partial charge is 0.324 e. The van der Waals surface area contributed by atoms with Gasteiger partial charge in [-0.05, 0) is 55.1 Å². The lowest BCUT2D eigenvalue weighted by molar-refractivity contribution is -0.126. The number of hydrogen-bond donors (Lipinski definition) is 1. The fourth-order valence-corrected chi connectivity index (χ4v) is 5.28. The van der Waals surface area contributed by atoms with Crippen LogP contribution in [0.15, 0.2) is 67.0 Å². The van der Waals surface area contributed by atoms with E-state index in [1.165, 1.54) is 18.3 Å². The Bertz CT molecular complexity index is 1190. The molecule has 3 atom stereocenters. The molecule has 5 rings (SSSR count). The molecule has 0 bridgehead atoms. The third kappa shape index (κ3) is 2.90. The Morgan fingerprint density at radius 3 is 2.71 bits per heavy atom. The number of aromatic nitrogens is 1. The van der Waals surface area contributed by atoms with Gasteiger partial charge < -0.3 is 5.32 Å². The minimum Gasteiger partial charge on any atom is -0.324 e. The average molecular weight is 436 g/mol. The van der Waals surface area contributed by atoms with Crippen molar-refractivity contribution in [3.8, 4) is 0 Å². The number of rotatable bonds is 3. The monoisotopic (exact) mass is 435 g/mol. The highest BCUT2D eigenvalue weighted by atomic mass is 35.5. The van der Waals surface area contributed by atoms with Crippen LogP contribution in [-0.2, 0) is 10.3 Å². The quantitative estimate of drug-likeness (QED) is 0.625. The lowest BCUT2D eigenvalue weighted by atomic mass is 9.70. The molecular formula is C24H19ClFN3O2. The first-order valence-corrected chi connectivity index (χ1v) is 10.3. The molecule has 0 aliphatic carbocycles. The summed E-state index contributed by atoms with van der Waals surface area (Å²) in [5, 5.41) is 3.43. The summed E-state index contributed by atoms with van der Waals surface area (Å²) in [5.41, 5.74) is 1.32. The molecular weight excluding hydrogens is 417 g/mol. The molecule has 0 unspecified atom stereocenters. The van der Waals surface area contributed by atoms with Gasteiger partial charge in [0.1, 0.15) is 11.4 Å². The molecule has 1 saturated heterocycles. The molecule has 0 radical (unpaired) electrons. The van der Waals surface area contributed by atoms with Crippen molar-refractivity contribution < 1.29 is 14.0 Å². The van der Waals surface area contributed by atoms with Crippen molar-refractivity contribution in [2.24, 2.45) is 5.92 Å². The lowest BCUT2D eigenvalue weighted by Gasteiger charge is -2.35. The van der Waals surface area contributed by atoms with Crippen LogP contribution in [0, 0.1) is 11.7 Å². The molecule has 0 saturated carbocycles. The van der Waals surface area contributed by atoms with Gasteiger partial charge in [0.2, 0.25) is 5.91 Å². The van der Waals surface area contributed by atoms with Crippen molar-refractivity contribution in [1.82, 2.24) is 9.88 Å². The number of nitrogens with one attached hydrogen (secondary N) is 1. The number of nitrogens with zero attached hydrogens (tertiary/aromatic N) is 2. The summed E-state index contributed by atoms with van der Waals surface area (Å²) in [6.07, 6.45) is 3.12. The smallest absolute Gasteiger partial charge is 0.250 e. The van der Waals surface area contributed by atoms with Gasteiger partial charge in [0.05, 0.1) is 5.92 Å². The van der Waals surface area contributed by atoms with Crippen molar-refractivity contribution >= 4 is 29.0 Å². The number of amides is 1. The zero-order chi connectivity index (χ0) is 21.8. The molecule has 7 heteroatoms. The second kappa shape index (κ2) is 7.25. The standard InChI is InChI=1S/C24H19ClFN3O2/c1-29-13-18(14-4-7-17(26)8-5-14)21(22(30)15-3-2-10-27-12-15)24(29)19-11-16(25)6-9-20(19)28-23(24)31/h2-12,18,21H,13H2,1H3,(H,28,31)/t18-,21-,24+/m1/s1. The zero-order valence-corrected chi connectivity index (χ0v) is 17.4. The third-order valence-corrected chi connectivity index (χ3v) is 6.67. The Morgan fingerprint density at radius 2 is 2.00 bits per heavy atom. The predicted molar refractivity (Wildman–Crippen MR) is 116 cm³/mol. The number of hydrogen-bond acceptors (Lipinski definition) is 4. The highest BCUT2D eigenvalue weighted by Gasteiger charge is 2.64. The van der Waals surface area contributed by atoms with Gasteiger partial charge in [0, 0.05) is 46.7 Å². The molecule has 1 fully saturated rings. The summed E-state index contributed by atoms with van der Waals surface area (Å²) < 4.78 is 13.6. The van der Waals surface area contributed by atoms with Crippen molar-refractivity contribution in [3.63, 3.8) is 0 Å². The van der Waals surface area contributed by atoms with Crippen LogP contribution in [-0.4, -0.2) is 35.2 Å². The maximum Gasteiger partial charge on any atom is 0.250 e. The molecule has 1 N–H and O–H groups in total. The highest BCUT2D eigenvalue weighted by molar-refractivity contribution is 6.31. The fourth-order valence-electron chi connectivity index (χ4n) is 5.11. The van der Waals surface area contributed by atoms with Crippen LogP contribution in [0.3, 0.4) is 0 Å². The van der Waals surface area contributed by atoms with E-state index in [-0.39, 0.29) is 23.4 Å². The minimum absolute atomic E-state index is 0.185. The van der Waals surface area contributed by atoms with Gasteiger partial charge in [-0.3, -0.25) is 19.5 Å². The van der Waals surface area contributed by atoms with Gasteiger partial charge in [0.15, 0.2) is 5.78 Å². The molecule has 1 spiro atoms. The Morgan fingerprint density at radius 1 is 1.23 bits per heavy atom. The van der Waals surface area contributed by atoms with Crippen molar-refractivity contribution in [3.05, 3.63) is 94.5 Å². The van der Waals surface area contributed by atoms with Gasteiger partial charge >= 0.3 is 0 Å². The number of halogens is 2. The third-order valence-electron chi connectivity index (χ3n) is 6.44. The number of benzene rings is 2. The second-order valence-corrected chi connectivity index (χ2v) is 8.47. The number of ketones is 1. The first-order chi connectivity index (χ1) is 14.9. The van der Waals surface area contributed by atoms with Crippen molar-refractivity contribution in [2.45, 2.75) is 11.5 Å². The summed E-state index contributed by atoms with van der Waals surface area (Å²) >= 11 is 6.30. The van der Waals surface area contributed by atoms with Crippen LogP contribution in [0.25, 0.3) is 0 Å². The van der Waals surface area contributed by atoms with Crippen molar-refractivity contribution in [1.29, 1.82) is 0 Å². The first kappa shape index (κ1) is 19.8. The molecule has 156 valence electrons. The topological polar surface area (TPSA) is 62.3 Å². The number of likely N-dealkylation sites (tertiary alicyclic amines) is 1. The lowest BCUT2D eigenvalue weighted by Crippen LogP contribution is -2.51. The normalized spacial score (nSPS) is 24.9. The van der Waals surface area contributed by atoms with E-state index in [1.54, 1.807) is 48.7 Å². The molecule has 1 aromatic heterocycles. The van der Waals surface area contributed by atoms with Crippen LogP contribution >= 0.6 is 11.6 Å². The zero-order valence-electron chi connectivity index (χ0n) is 16.7. The Labute approximate surface area is 183 Å². The number of anilines is 1. The van der Waals surface area contributed by atoms with Crippen LogP contribution in [0.1, 0.15) is 27.4 Å². The van der Waals surface area contributed by atoms with E-state index in [4.69, 9.17) is 11.6 Å². The highest BCUT2D eigenvalue weighted by Crippen LogP contribution is 2.55. The van der Waals surface area contributed by atoms with Gasteiger partial charge in [-0.1, -0.05) is 23.7 Å². The second-order valence-electron chi connectivity index (χ2n) is 8.03. The summed E-state index contributed by atoms with van der Waals surface area (Å²) in [4.78, 5) is 33.4. The predicted octanol–water partition coefficient (Wildman–Crippen LogP) is 4.25. The van der Waals surface area contributed by atoms with E-state index in [2.05, 4.69) is 10.3 Å². The number of carbonyl (C=O) groups excluding carboxylic acids is 2. The molecule has 31 heavy (non-hydrogen) atoms. The van der Waals surface area contributed by atoms with E-state index in [9.17, 15) is 14.0 Å². The summed E-state index contributed by atoms with van der Waals surface area (Å²) in [6.45, 7) is 0.446. The number of fused-ring (bicyclic) bond motifs is 2. The van der Waals surface area contributed by atoms with Gasteiger partial charge in [-0.25, -0.2) is 4.39 Å². The van der Waals surface area contributed by atoms with Crippen LogP contribution in [0.5, 0.6) is 0 Å². The molecule has 5 nitrogen and oxygen atoms in total. The molecule has 2 aliphatic rings. The molecule has 2 aliphatic heterocycles. The Kier molecular flexibility index (Phi) is 4.64. The van der Waals surface area contributed by atoms with Crippen LogP contribution < -0.4 is 5.32 Å². The van der Waals surface area contributed by atoms with Gasteiger partial charge in [-0.2, -0.15) is 0 Å². The van der Waals surface area contributed by atoms with E-state index >= 15 is 0 Å². The number of likely N-dealkylation sites (N-methyl/N-ethyl adjacent to an activating group) is 1. The van der Waals surface area contributed by atoms with Crippen molar-refractivity contribution in [2.75, 3.05) is 18.9 Å². The minimum atomic E-state index is -1.23. The van der Waals surface area contributed by atoms with E-state index in [0.29, 0.717) is 28.4 Å². The van der Waals surface area contributed by atoms with E-state index in [0.717, 1.165) is 5.56 Å². The SMILES string of the molecule is CN1C[C@H](c2ccc(F)cc2)[C@H](C(=O)c2cccnc2)[C@@]12C(=O)Nc1ccc(Cl)cc12. The maximum absolute atomic E-state index is 13.9. The average Bonchev–Trinajstić information content (AvgIpc) is 3.24. The van der Waals surface area contributed by atoms with Gasteiger partial charge in [0.25, 0.3) is 0 Å². The fraction of sp³-hybridized carbons (Fsp3) is 0.208. The summed E-state index contributed by atoms with van der Waals surface area (Å²) in [6, 6.07) is 14.8. The number of Topliss-reactive ketones (excluding diaryl/α,β-unsaturated/α-hetero) is 1. The molecule has 1 amide bonds. The molecule has 3 heterocycles.